The number of rotatable bonds is 7. The van der Waals surface area contributed by atoms with Crippen molar-refractivity contribution in [1.29, 1.82) is 0 Å². The lowest BCUT2D eigenvalue weighted by Gasteiger charge is -2.07. The summed E-state index contributed by atoms with van der Waals surface area (Å²) < 4.78 is 22.2. The first-order chi connectivity index (χ1) is 14.2. The van der Waals surface area contributed by atoms with Gasteiger partial charge in [-0.1, -0.05) is 30.0 Å². The van der Waals surface area contributed by atoms with E-state index in [4.69, 9.17) is 18.3 Å². The van der Waals surface area contributed by atoms with Crippen LogP contribution >= 0.6 is 11.8 Å². The summed E-state index contributed by atoms with van der Waals surface area (Å²) in [5, 5.41) is 16.7. The molecule has 0 aliphatic rings. The summed E-state index contributed by atoms with van der Waals surface area (Å²) in [5.41, 5.74) is 1.56. The van der Waals surface area contributed by atoms with Crippen LogP contribution in [0.2, 0.25) is 0 Å². The van der Waals surface area contributed by atoms with Crippen molar-refractivity contribution in [2.75, 3.05) is 14.2 Å². The Morgan fingerprint density at radius 3 is 2.41 bits per heavy atom. The summed E-state index contributed by atoms with van der Waals surface area (Å²) in [4.78, 5) is 0. The molecule has 0 bridgehead atoms. The zero-order valence-corrected chi connectivity index (χ0v) is 16.8. The van der Waals surface area contributed by atoms with Crippen LogP contribution in [0.1, 0.15) is 18.1 Å². The van der Waals surface area contributed by atoms with Crippen LogP contribution in [0.5, 0.6) is 11.5 Å². The summed E-state index contributed by atoms with van der Waals surface area (Å²) in [6.45, 7) is 1.94. The lowest BCUT2D eigenvalue weighted by atomic mass is 10.2. The van der Waals surface area contributed by atoms with Crippen LogP contribution in [0.25, 0.3) is 22.9 Å². The monoisotopic (exact) mass is 410 g/mol. The average Bonchev–Trinajstić information content (AvgIpc) is 3.44. The van der Waals surface area contributed by atoms with Gasteiger partial charge in [-0.05, 0) is 31.2 Å². The number of ether oxygens (including phenoxy) is 2. The zero-order chi connectivity index (χ0) is 20.2. The van der Waals surface area contributed by atoms with Crippen LogP contribution in [0.15, 0.2) is 62.6 Å². The molecule has 1 atom stereocenters. The second-order valence-corrected chi connectivity index (χ2v) is 7.30. The zero-order valence-electron chi connectivity index (χ0n) is 16.0. The lowest BCUT2D eigenvalue weighted by Crippen LogP contribution is -1.90. The Hall–Kier alpha value is -3.33. The van der Waals surface area contributed by atoms with Crippen molar-refractivity contribution in [2.45, 2.75) is 17.4 Å². The maximum absolute atomic E-state index is 5.80. The van der Waals surface area contributed by atoms with Gasteiger partial charge in [0.05, 0.1) is 25.0 Å². The number of hydrogen-bond acceptors (Lipinski definition) is 9. The van der Waals surface area contributed by atoms with Crippen LogP contribution in [0, 0.1) is 0 Å². The van der Waals surface area contributed by atoms with Crippen LogP contribution in [-0.4, -0.2) is 34.6 Å². The Morgan fingerprint density at radius 2 is 1.66 bits per heavy atom. The molecule has 4 aromatic rings. The van der Waals surface area contributed by atoms with Gasteiger partial charge < -0.3 is 18.3 Å². The summed E-state index contributed by atoms with van der Waals surface area (Å²) in [6, 6.07) is 15.0. The Morgan fingerprint density at radius 1 is 0.862 bits per heavy atom. The third kappa shape index (κ3) is 4.09. The Kier molecular flexibility index (Phi) is 5.48. The summed E-state index contributed by atoms with van der Waals surface area (Å²) in [5.74, 6) is 2.58. The van der Waals surface area contributed by atoms with Crippen LogP contribution in [0.3, 0.4) is 0 Å². The number of thioether (sulfide) groups is 1. The molecule has 148 valence electrons. The molecule has 0 saturated heterocycles. The first-order valence-corrected chi connectivity index (χ1v) is 9.67. The molecule has 0 amide bonds. The van der Waals surface area contributed by atoms with Crippen LogP contribution < -0.4 is 9.47 Å². The van der Waals surface area contributed by atoms with Gasteiger partial charge in [0.1, 0.15) is 11.5 Å². The van der Waals surface area contributed by atoms with Gasteiger partial charge in [-0.2, -0.15) is 0 Å². The minimum absolute atomic E-state index is 0.161. The highest BCUT2D eigenvalue weighted by Gasteiger charge is 2.21. The van der Waals surface area contributed by atoms with Crippen molar-refractivity contribution in [3.63, 3.8) is 0 Å². The van der Waals surface area contributed by atoms with E-state index in [2.05, 4.69) is 20.4 Å². The number of hydrogen-bond donors (Lipinski definition) is 0. The molecular weight excluding hydrogens is 392 g/mol. The molecule has 0 saturated carbocycles. The summed E-state index contributed by atoms with van der Waals surface area (Å²) in [6.07, 6.45) is 0. The second kappa shape index (κ2) is 8.36. The predicted octanol–water partition coefficient (Wildman–Crippen LogP) is 4.66. The highest BCUT2D eigenvalue weighted by Crippen LogP contribution is 2.37. The summed E-state index contributed by atoms with van der Waals surface area (Å²) in [7, 11) is 3.17. The molecule has 0 aliphatic heterocycles. The van der Waals surface area contributed by atoms with Crippen LogP contribution in [0.4, 0.5) is 0 Å². The fourth-order valence-electron chi connectivity index (χ4n) is 2.64. The third-order valence-electron chi connectivity index (χ3n) is 4.13. The molecule has 0 fully saturated rings. The van der Waals surface area contributed by atoms with Gasteiger partial charge in [-0.25, -0.2) is 0 Å². The molecule has 0 N–H and O–H groups in total. The molecule has 9 heteroatoms. The van der Waals surface area contributed by atoms with E-state index in [1.165, 1.54) is 11.8 Å². The molecule has 4 rings (SSSR count). The molecule has 29 heavy (non-hydrogen) atoms. The Labute approximate surface area is 171 Å². The first kappa shape index (κ1) is 19.0. The van der Waals surface area contributed by atoms with Gasteiger partial charge in [0, 0.05) is 11.6 Å². The molecule has 0 aliphatic carbocycles. The Balaban J connectivity index is 1.50. The van der Waals surface area contributed by atoms with Crippen molar-refractivity contribution in [3.8, 4) is 34.4 Å². The molecular formula is C20H18N4O4S. The van der Waals surface area contributed by atoms with E-state index in [1.807, 2.05) is 43.3 Å². The fourth-order valence-corrected chi connectivity index (χ4v) is 3.35. The molecule has 8 nitrogen and oxygen atoms in total. The normalized spacial score (nSPS) is 12.0. The highest BCUT2D eigenvalue weighted by molar-refractivity contribution is 7.99. The number of nitrogens with zero attached hydrogens (tertiary/aromatic N) is 4. The highest BCUT2D eigenvalue weighted by atomic mass is 32.2. The SMILES string of the molecule is COc1ccc(-c2nnc(S[C@@H](C)c3nnc(-c4ccccc4)o3)o2)c(OC)c1. The Bertz CT molecular complexity index is 1100. The van der Waals surface area contributed by atoms with Gasteiger partial charge >= 0.3 is 0 Å². The maximum atomic E-state index is 5.80. The van der Waals surface area contributed by atoms with E-state index in [1.54, 1.807) is 26.4 Å². The number of aromatic nitrogens is 4. The molecule has 2 aromatic carbocycles. The van der Waals surface area contributed by atoms with Gasteiger partial charge in [-0.15, -0.1) is 20.4 Å². The van der Waals surface area contributed by atoms with Crippen molar-refractivity contribution < 1.29 is 18.3 Å². The lowest BCUT2D eigenvalue weighted by molar-refractivity contribution is 0.393. The van der Waals surface area contributed by atoms with Crippen molar-refractivity contribution in [2.24, 2.45) is 0 Å². The fraction of sp³-hybridized carbons (Fsp3) is 0.200. The standard InChI is InChI=1S/C20H18N4O4S/c1-12(17-21-22-18(27-17)13-7-5-4-6-8-13)29-20-24-23-19(28-20)15-10-9-14(25-2)11-16(15)26-3/h4-12H,1-3H3/t12-/m0/s1. The third-order valence-corrected chi connectivity index (χ3v) is 5.05. The molecule has 0 spiro atoms. The first-order valence-electron chi connectivity index (χ1n) is 8.79. The smallest absolute Gasteiger partial charge is 0.277 e. The van der Waals surface area contributed by atoms with E-state index < -0.39 is 0 Å². The van der Waals surface area contributed by atoms with Gasteiger partial charge in [-0.3, -0.25) is 0 Å². The molecule has 0 unspecified atom stereocenters. The van der Waals surface area contributed by atoms with E-state index >= 15 is 0 Å². The largest absolute Gasteiger partial charge is 0.497 e. The van der Waals surface area contributed by atoms with E-state index in [9.17, 15) is 0 Å². The van der Waals surface area contributed by atoms with Gasteiger partial charge in [0.25, 0.3) is 11.1 Å². The van der Waals surface area contributed by atoms with Gasteiger partial charge in [0.15, 0.2) is 0 Å². The number of methoxy groups -OCH3 is 2. The van der Waals surface area contributed by atoms with E-state index in [-0.39, 0.29) is 5.25 Å². The van der Waals surface area contributed by atoms with Crippen molar-refractivity contribution in [3.05, 3.63) is 54.4 Å². The number of benzene rings is 2. The molecule has 0 radical (unpaired) electrons. The van der Waals surface area contributed by atoms with E-state index in [0.717, 1.165) is 5.56 Å². The van der Waals surface area contributed by atoms with Crippen molar-refractivity contribution >= 4 is 11.8 Å². The van der Waals surface area contributed by atoms with Gasteiger partial charge in [0.2, 0.25) is 11.8 Å². The maximum Gasteiger partial charge on any atom is 0.277 e. The molecule has 2 heterocycles. The van der Waals surface area contributed by atoms with E-state index in [0.29, 0.717) is 40.0 Å². The summed E-state index contributed by atoms with van der Waals surface area (Å²) >= 11 is 1.34. The minimum atomic E-state index is -0.161. The van der Waals surface area contributed by atoms with Crippen LogP contribution in [-0.2, 0) is 0 Å². The predicted molar refractivity (Wildman–Crippen MR) is 107 cm³/mol. The second-order valence-electron chi connectivity index (χ2n) is 6.01. The topological polar surface area (TPSA) is 96.3 Å². The van der Waals surface area contributed by atoms with Crippen molar-refractivity contribution in [1.82, 2.24) is 20.4 Å². The average molecular weight is 410 g/mol. The quantitative estimate of drug-likeness (QED) is 0.403. The minimum Gasteiger partial charge on any atom is -0.497 e. The molecule has 2 aromatic heterocycles.